The quantitative estimate of drug-likeness (QED) is 0.112. The molecular formula is C28H49N2O2PS2. The Morgan fingerprint density at radius 3 is 1.14 bits per heavy atom. The summed E-state index contributed by atoms with van der Waals surface area (Å²) in [6.45, 7) is 2.74. The van der Waals surface area contributed by atoms with E-state index in [1.807, 2.05) is 61.2 Å². The summed E-state index contributed by atoms with van der Waals surface area (Å²) in [6, 6.07) is 11.7. The van der Waals surface area contributed by atoms with Crippen LogP contribution in [0, 0.1) is 0 Å². The number of aromatic amines is 2. The van der Waals surface area contributed by atoms with Crippen molar-refractivity contribution >= 4 is 29.7 Å². The molecule has 0 saturated carbocycles. The first-order chi connectivity index (χ1) is 17.1. The second-order valence-electron chi connectivity index (χ2n) is 8.74. The van der Waals surface area contributed by atoms with Gasteiger partial charge in [0.05, 0.1) is 0 Å². The van der Waals surface area contributed by atoms with Crippen LogP contribution < -0.4 is 14.9 Å². The van der Waals surface area contributed by atoms with Gasteiger partial charge in [0.15, 0.2) is 24.8 Å². The molecular weight excluding hydrogens is 491 g/mol. The number of hydrogen-bond donors (Lipinski definition) is 0. The Kier molecular flexibility index (Phi) is 27.2. The van der Waals surface area contributed by atoms with Crippen molar-refractivity contribution in [3.8, 4) is 0 Å². The van der Waals surface area contributed by atoms with Crippen LogP contribution >= 0.6 is 5.69 Å². The summed E-state index contributed by atoms with van der Waals surface area (Å²) < 4.78 is 4.93. The number of pyridine rings is 2. The lowest BCUT2D eigenvalue weighted by atomic mass is 10.0. The highest BCUT2D eigenvalue weighted by Gasteiger charge is 1.95. The molecule has 2 aromatic heterocycles. The summed E-state index contributed by atoms with van der Waals surface area (Å²) in [5.41, 5.74) is -3.09. The van der Waals surface area contributed by atoms with E-state index in [1.54, 1.807) is 0 Å². The second kappa shape index (κ2) is 27.8. The van der Waals surface area contributed by atoms with E-state index >= 15 is 0 Å². The minimum absolute atomic E-state index is 0.461. The topological polar surface area (TPSA) is 60.6 Å². The number of unbranched alkanes of at least 4 members (excludes halogenated alkanes) is 15. The number of rotatable bonds is 18. The van der Waals surface area contributed by atoms with Gasteiger partial charge in [0.1, 0.15) is 0 Å². The molecule has 0 fully saturated rings. The van der Waals surface area contributed by atoms with E-state index in [9.17, 15) is 4.89 Å². The summed E-state index contributed by atoms with van der Waals surface area (Å²) in [7, 11) is 0. The van der Waals surface area contributed by atoms with E-state index in [-0.39, 0.29) is 0 Å². The van der Waals surface area contributed by atoms with Gasteiger partial charge in [-0.25, -0.2) is 9.97 Å². The first-order valence-electron chi connectivity index (χ1n) is 13.5. The van der Waals surface area contributed by atoms with Crippen molar-refractivity contribution in [3.05, 3.63) is 61.2 Å². The summed E-state index contributed by atoms with van der Waals surface area (Å²) in [4.78, 5) is 16.8. The maximum atomic E-state index is 11.0. The largest absolute Gasteiger partial charge is 0.819 e. The first-order valence-corrected chi connectivity index (χ1v) is 17.2. The smallest absolute Gasteiger partial charge is 0.166 e. The lowest BCUT2D eigenvalue weighted by Crippen LogP contribution is -2.02. The fourth-order valence-electron chi connectivity index (χ4n) is 3.51. The highest BCUT2D eigenvalue weighted by Crippen LogP contribution is 2.33. The fourth-order valence-corrected chi connectivity index (χ4v) is 4.31. The van der Waals surface area contributed by atoms with Crippen LogP contribution in [0.1, 0.15) is 110 Å². The van der Waals surface area contributed by atoms with E-state index < -0.39 is 5.69 Å². The Morgan fingerprint density at radius 1 is 0.600 bits per heavy atom. The zero-order valence-corrected chi connectivity index (χ0v) is 24.4. The van der Waals surface area contributed by atoms with Crippen LogP contribution in [0.2, 0.25) is 0 Å². The third-order valence-corrected chi connectivity index (χ3v) is 6.59. The molecule has 0 aromatic carbocycles. The summed E-state index contributed by atoms with van der Waals surface area (Å²) in [5.74, 6) is 0. The van der Waals surface area contributed by atoms with Crippen molar-refractivity contribution in [3.63, 3.8) is 0 Å². The van der Waals surface area contributed by atoms with Crippen molar-refractivity contribution in [1.29, 1.82) is 0 Å². The van der Waals surface area contributed by atoms with Gasteiger partial charge in [0, 0.05) is 30.9 Å². The molecule has 200 valence electrons. The Labute approximate surface area is 226 Å². The molecule has 0 aliphatic heterocycles. The first kappa shape index (κ1) is 34.2. The lowest BCUT2D eigenvalue weighted by Gasteiger charge is -2.35. The Bertz CT molecular complexity index is 590. The van der Waals surface area contributed by atoms with Crippen LogP contribution in [-0.2, 0) is 28.6 Å². The lowest BCUT2D eigenvalue weighted by molar-refractivity contribution is -0.378. The molecule has 2 heterocycles. The second-order valence-corrected chi connectivity index (χ2v) is 13.5. The minimum Gasteiger partial charge on any atom is -0.819 e. The summed E-state index contributed by atoms with van der Waals surface area (Å²) in [5, 5.41) is 0. The van der Waals surface area contributed by atoms with Gasteiger partial charge in [-0.3, -0.25) is 0 Å². The molecule has 2 aromatic rings. The van der Waals surface area contributed by atoms with Crippen LogP contribution in [0.5, 0.6) is 0 Å². The molecule has 7 heteroatoms. The monoisotopic (exact) mass is 540 g/mol. The van der Waals surface area contributed by atoms with Crippen LogP contribution in [0.15, 0.2) is 61.2 Å². The van der Waals surface area contributed by atoms with Gasteiger partial charge in [-0.2, -0.15) is 0 Å². The maximum absolute atomic E-state index is 11.0. The zero-order valence-electron chi connectivity index (χ0n) is 21.9. The Balaban J connectivity index is 0.000000764. The molecule has 1 atom stereocenters. The van der Waals surface area contributed by atoms with Crippen molar-refractivity contribution < 1.29 is 19.4 Å². The van der Waals surface area contributed by atoms with Gasteiger partial charge in [0.25, 0.3) is 0 Å². The highest BCUT2D eigenvalue weighted by molar-refractivity contribution is 8.50. The molecule has 0 radical (unpaired) electrons. The predicted molar refractivity (Wildman–Crippen MR) is 153 cm³/mol. The molecule has 0 bridgehead atoms. The third-order valence-electron chi connectivity index (χ3n) is 5.46. The number of aromatic nitrogens is 2. The Hall–Kier alpha value is -0.780. The molecule has 0 aliphatic carbocycles. The van der Waals surface area contributed by atoms with Gasteiger partial charge in [-0.15, -0.1) is 17.5 Å². The normalized spacial score (nSPS) is 12.0. The molecule has 0 saturated heterocycles. The van der Waals surface area contributed by atoms with Crippen molar-refractivity contribution in [1.82, 2.24) is 0 Å². The molecule has 0 aliphatic rings. The van der Waals surface area contributed by atoms with Crippen LogP contribution in [-0.4, -0.2) is 6.61 Å². The molecule has 2 rings (SSSR count). The van der Waals surface area contributed by atoms with E-state index in [2.05, 4.69) is 40.9 Å². The fraction of sp³-hybridized carbons (Fsp3) is 0.643. The van der Waals surface area contributed by atoms with Gasteiger partial charge in [-0.1, -0.05) is 115 Å². The van der Waals surface area contributed by atoms with E-state index in [1.165, 1.54) is 89.9 Å². The molecule has 1 unspecified atom stereocenters. The maximum Gasteiger partial charge on any atom is 0.166 e. The minimum atomic E-state index is -3.09. The molecule has 2 N–H and O–H groups in total. The van der Waals surface area contributed by atoms with Crippen molar-refractivity contribution in [2.75, 3.05) is 6.61 Å². The highest BCUT2D eigenvalue weighted by atomic mass is 32.9. The third kappa shape index (κ3) is 33.2. The standard InChI is InChI=1S/C18H39O2PS2.2C5H5N/c1-2-3-4-5-6-7-8-9-10-11-12-13-14-15-16-17-18-20-21(19,22)23;2*1-2-4-6-5-3-1/h2-18H2,1H3,(H2,19,22,23);2*1-5H. The van der Waals surface area contributed by atoms with E-state index in [4.69, 9.17) is 4.52 Å². The number of H-pyrrole nitrogens is 2. The van der Waals surface area contributed by atoms with E-state index in [0.29, 0.717) is 6.61 Å². The number of nitrogens with one attached hydrogen (secondary N) is 2. The summed E-state index contributed by atoms with van der Waals surface area (Å²) in [6.07, 6.45) is 29.0. The van der Waals surface area contributed by atoms with Gasteiger partial charge < -0.3 is 21.7 Å². The predicted octanol–water partition coefficient (Wildman–Crippen LogP) is 7.40. The van der Waals surface area contributed by atoms with Gasteiger partial charge in [-0.05, 0) is 6.42 Å². The van der Waals surface area contributed by atoms with Crippen molar-refractivity contribution in [2.24, 2.45) is 0 Å². The Morgan fingerprint density at radius 2 is 0.914 bits per heavy atom. The number of hydrogen-bond acceptors (Lipinski definition) is 4. The zero-order chi connectivity index (χ0) is 25.7. The van der Waals surface area contributed by atoms with Crippen LogP contribution in [0.25, 0.3) is 0 Å². The molecule has 35 heavy (non-hydrogen) atoms. The van der Waals surface area contributed by atoms with E-state index in [0.717, 1.165) is 12.8 Å². The van der Waals surface area contributed by atoms with Crippen LogP contribution in [0.4, 0.5) is 0 Å². The summed E-state index contributed by atoms with van der Waals surface area (Å²) >= 11 is 9.09. The average Bonchev–Trinajstić information content (AvgIpc) is 2.88. The van der Waals surface area contributed by atoms with Gasteiger partial charge in [0.2, 0.25) is 0 Å². The molecule has 4 nitrogen and oxygen atoms in total. The van der Waals surface area contributed by atoms with Crippen molar-refractivity contribution in [2.45, 2.75) is 110 Å². The van der Waals surface area contributed by atoms with Crippen LogP contribution in [0.3, 0.4) is 0 Å². The SMILES string of the molecule is CCCCCCCCCCCCCCCCCCOP([O-])(=S)[S-].c1cc[nH+]cc1.c1cc[nH+]cc1. The average molecular weight is 541 g/mol. The molecule has 0 amide bonds. The molecule has 0 spiro atoms. The van der Waals surface area contributed by atoms with Gasteiger partial charge >= 0.3 is 0 Å².